The van der Waals surface area contributed by atoms with E-state index in [0.717, 1.165) is 6.08 Å². The molecule has 1 aliphatic heterocycles. The van der Waals surface area contributed by atoms with Crippen molar-refractivity contribution in [2.75, 3.05) is 6.54 Å². The standard InChI is InChI=1S/C6H5ClF3N/c7-4-1-2-11-5(3-4)6(8,9)10/h3H,1-2H2. The molecule has 11 heavy (non-hydrogen) atoms. The van der Waals surface area contributed by atoms with Crippen LogP contribution >= 0.6 is 11.6 Å². The van der Waals surface area contributed by atoms with Crippen LogP contribution in [0.3, 0.4) is 0 Å². The summed E-state index contributed by atoms with van der Waals surface area (Å²) in [5, 5.41) is 0.215. The predicted octanol–water partition coefficient (Wildman–Crippen LogP) is 2.52. The van der Waals surface area contributed by atoms with Crippen molar-refractivity contribution in [3.8, 4) is 0 Å². The molecule has 0 aromatic heterocycles. The van der Waals surface area contributed by atoms with E-state index in [4.69, 9.17) is 11.6 Å². The van der Waals surface area contributed by atoms with Crippen molar-refractivity contribution in [2.24, 2.45) is 4.99 Å². The van der Waals surface area contributed by atoms with Crippen LogP contribution in [-0.2, 0) is 0 Å². The maximum absolute atomic E-state index is 11.9. The van der Waals surface area contributed by atoms with E-state index < -0.39 is 11.9 Å². The molecule has 0 radical (unpaired) electrons. The van der Waals surface area contributed by atoms with E-state index in [1.54, 1.807) is 0 Å². The second-order valence-electron chi connectivity index (χ2n) is 2.11. The van der Waals surface area contributed by atoms with E-state index in [1.165, 1.54) is 0 Å². The molecule has 0 fully saturated rings. The van der Waals surface area contributed by atoms with Crippen LogP contribution in [0, 0.1) is 0 Å². The van der Waals surface area contributed by atoms with Gasteiger partial charge in [0.2, 0.25) is 0 Å². The molecule has 62 valence electrons. The Morgan fingerprint density at radius 2 is 2.09 bits per heavy atom. The van der Waals surface area contributed by atoms with Gasteiger partial charge in [-0.15, -0.1) is 0 Å². The minimum atomic E-state index is -4.36. The Morgan fingerprint density at radius 1 is 1.45 bits per heavy atom. The molecule has 0 N–H and O–H groups in total. The maximum atomic E-state index is 11.9. The van der Waals surface area contributed by atoms with Gasteiger partial charge in [0.25, 0.3) is 0 Å². The Labute approximate surface area is 66.6 Å². The van der Waals surface area contributed by atoms with Gasteiger partial charge >= 0.3 is 6.18 Å². The molecule has 0 amide bonds. The summed E-state index contributed by atoms with van der Waals surface area (Å²) < 4.78 is 35.6. The average molecular weight is 184 g/mol. The third kappa shape index (κ3) is 2.22. The Bertz CT molecular complexity index is 216. The summed E-state index contributed by atoms with van der Waals surface area (Å²) in [7, 11) is 0. The van der Waals surface area contributed by atoms with E-state index in [0.29, 0.717) is 6.42 Å². The van der Waals surface area contributed by atoms with E-state index in [1.807, 2.05) is 0 Å². The van der Waals surface area contributed by atoms with E-state index in [9.17, 15) is 13.2 Å². The monoisotopic (exact) mass is 183 g/mol. The minimum absolute atomic E-state index is 0.129. The molecule has 1 heterocycles. The highest BCUT2D eigenvalue weighted by molar-refractivity contribution is 6.31. The van der Waals surface area contributed by atoms with Crippen LogP contribution in [0.4, 0.5) is 13.2 Å². The number of allylic oxidation sites excluding steroid dienone is 1. The minimum Gasteiger partial charge on any atom is -0.280 e. The summed E-state index contributed by atoms with van der Waals surface area (Å²) in [6.45, 7) is 0.129. The number of aliphatic imine (C=N–C) groups is 1. The lowest BCUT2D eigenvalue weighted by molar-refractivity contribution is -0.0580. The van der Waals surface area contributed by atoms with Gasteiger partial charge in [-0.05, 0) is 6.08 Å². The van der Waals surface area contributed by atoms with Gasteiger partial charge in [-0.1, -0.05) is 11.6 Å². The van der Waals surface area contributed by atoms with E-state index in [-0.39, 0.29) is 11.6 Å². The van der Waals surface area contributed by atoms with Crippen molar-refractivity contribution in [1.29, 1.82) is 0 Å². The van der Waals surface area contributed by atoms with E-state index in [2.05, 4.69) is 4.99 Å². The van der Waals surface area contributed by atoms with Gasteiger partial charge in [0.15, 0.2) is 0 Å². The van der Waals surface area contributed by atoms with Crippen LogP contribution in [0.1, 0.15) is 6.42 Å². The number of dihydropyridines is 1. The van der Waals surface area contributed by atoms with Crippen molar-refractivity contribution < 1.29 is 13.2 Å². The first-order valence-electron chi connectivity index (χ1n) is 2.98. The van der Waals surface area contributed by atoms with Crippen molar-refractivity contribution in [3.05, 3.63) is 11.1 Å². The molecule has 0 spiro atoms. The van der Waals surface area contributed by atoms with Gasteiger partial charge < -0.3 is 0 Å². The summed E-state index contributed by atoms with van der Waals surface area (Å²) in [5.41, 5.74) is -0.881. The molecule has 1 aliphatic rings. The van der Waals surface area contributed by atoms with Crippen molar-refractivity contribution in [1.82, 2.24) is 0 Å². The maximum Gasteiger partial charge on any atom is 0.432 e. The van der Waals surface area contributed by atoms with Crippen LogP contribution in [0.5, 0.6) is 0 Å². The summed E-state index contributed by atoms with van der Waals surface area (Å²) >= 11 is 5.40. The van der Waals surface area contributed by atoms with Gasteiger partial charge in [0.1, 0.15) is 5.71 Å². The molecule has 0 unspecified atom stereocenters. The van der Waals surface area contributed by atoms with Crippen molar-refractivity contribution in [2.45, 2.75) is 12.6 Å². The number of rotatable bonds is 0. The zero-order valence-corrected chi connectivity index (χ0v) is 6.21. The molecule has 0 atom stereocenters. The molecule has 0 saturated heterocycles. The molecule has 0 saturated carbocycles. The first kappa shape index (κ1) is 8.59. The Balaban J connectivity index is 2.82. The number of hydrogen-bond donors (Lipinski definition) is 0. The van der Waals surface area contributed by atoms with E-state index >= 15 is 0 Å². The third-order valence-corrected chi connectivity index (χ3v) is 1.51. The Morgan fingerprint density at radius 3 is 2.45 bits per heavy atom. The Hall–Kier alpha value is -0.510. The Kier molecular flexibility index (Phi) is 2.23. The zero-order valence-electron chi connectivity index (χ0n) is 5.45. The fraction of sp³-hybridized carbons (Fsp3) is 0.500. The number of hydrogen-bond acceptors (Lipinski definition) is 1. The lowest BCUT2D eigenvalue weighted by Gasteiger charge is -2.10. The third-order valence-electron chi connectivity index (χ3n) is 1.22. The highest BCUT2D eigenvalue weighted by atomic mass is 35.5. The fourth-order valence-electron chi connectivity index (χ4n) is 0.721. The lowest BCUT2D eigenvalue weighted by Crippen LogP contribution is -2.23. The average Bonchev–Trinajstić information content (AvgIpc) is 1.86. The van der Waals surface area contributed by atoms with Crippen LogP contribution < -0.4 is 0 Å². The SMILES string of the molecule is FC(F)(F)C1=NCCC(Cl)=C1. The highest BCUT2D eigenvalue weighted by Gasteiger charge is 2.34. The highest BCUT2D eigenvalue weighted by Crippen LogP contribution is 2.23. The van der Waals surface area contributed by atoms with Gasteiger partial charge in [-0.25, -0.2) is 0 Å². The zero-order chi connectivity index (χ0) is 8.48. The summed E-state index contributed by atoms with van der Waals surface area (Å²) in [6, 6.07) is 0. The largest absolute Gasteiger partial charge is 0.432 e. The van der Waals surface area contributed by atoms with Crippen LogP contribution in [0.15, 0.2) is 16.1 Å². The van der Waals surface area contributed by atoms with Crippen LogP contribution in [0.2, 0.25) is 0 Å². The second-order valence-corrected chi connectivity index (χ2v) is 2.59. The van der Waals surface area contributed by atoms with Crippen molar-refractivity contribution >= 4 is 17.3 Å². The fourth-order valence-corrected chi connectivity index (χ4v) is 0.909. The van der Waals surface area contributed by atoms with Crippen LogP contribution in [0.25, 0.3) is 0 Å². The second kappa shape index (κ2) is 2.85. The number of nitrogens with zero attached hydrogens (tertiary/aromatic N) is 1. The van der Waals surface area contributed by atoms with Gasteiger partial charge in [0.05, 0.1) is 0 Å². The predicted molar refractivity (Wildman–Crippen MR) is 36.9 cm³/mol. The molecule has 0 aromatic carbocycles. The smallest absolute Gasteiger partial charge is 0.280 e. The molecule has 0 aliphatic carbocycles. The van der Waals surface area contributed by atoms with Gasteiger partial charge in [-0.2, -0.15) is 13.2 Å². The summed E-state index contributed by atoms with van der Waals surface area (Å²) in [5.74, 6) is 0. The summed E-state index contributed by atoms with van der Waals surface area (Å²) in [4.78, 5) is 3.28. The molecule has 5 heteroatoms. The first-order chi connectivity index (χ1) is 5.00. The molecular formula is C6H5ClF3N. The number of halogens is 4. The molecule has 1 nitrogen and oxygen atoms in total. The molecule has 0 aromatic rings. The van der Waals surface area contributed by atoms with Gasteiger partial charge in [0, 0.05) is 18.0 Å². The van der Waals surface area contributed by atoms with Crippen LogP contribution in [-0.4, -0.2) is 18.4 Å². The normalized spacial score (nSPS) is 19.3. The molecule has 0 bridgehead atoms. The quantitative estimate of drug-likeness (QED) is 0.547. The van der Waals surface area contributed by atoms with Crippen molar-refractivity contribution in [3.63, 3.8) is 0 Å². The number of alkyl halides is 3. The molecule has 1 rings (SSSR count). The lowest BCUT2D eigenvalue weighted by atomic mass is 10.2. The summed E-state index contributed by atoms with van der Waals surface area (Å²) in [6.07, 6.45) is -3.09. The first-order valence-corrected chi connectivity index (χ1v) is 3.35. The van der Waals surface area contributed by atoms with Gasteiger partial charge in [-0.3, -0.25) is 4.99 Å². The topological polar surface area (TPSA) is 12.4 Å². The molecular weight excluding hydrogens is 179 g/mol.